The Bertz CT molecular complexity index is 636. The number of amides is 1. The summed E-state index contributed by atoms with van der Waals surface area (Å²) >= 11 is 6.14. The average Bonchev–Trinajstić information content (AvgIpc) is 2.65. The summed E-state index contributed by atoms with van der Waals surface area (Å²) in [5.41, 5.74) is 2.40. The zero-order valence-corrected chi connectivity index (χ0v) is 19.2. The minimum absolute atomic E-state index is 0. The van der Waals surface area contributed by atoms with E-state index in [9.17, 15) is 4.79 Å². The minimum atomic E-state index is -0.0728. The number of piperazine rings is 1. The predicted octanol–water partition coefficient (Wildman–Crippen LogP) is 1.73. The summed E-state index contributed by atoms with van der Waals surface area (Å²) in [5, 5.41) is 6.66. The van der Waals surface area contributed by atoms with Crippen molar-refractivity contribution in [1.82, 2.24) is 15.5 Å². The molecule has 152 valence electrons. The highest BCUT2D eigenvalue weighted by molar-refractivity contribution is 14.0. The number of nitrogens with zero attached hydrogens (tertiary/aromatic N) is 3. The Kier molecular flexibility index (Phi) is 10.8. The molecular formula is C18H29ClIN5O2. The molecule has 2 N–H and O–H groups in total. The van der Waals surface area contributed by atoms with Crippen molar-refractivity contribution in [2.45, 2.75) is 6.92 Å². The van der Waals surface area contributed by atoms with Crippen LogP contribution in [0.25, 0.3) is 0 Å². The standard InChI is InChI=1S/C18H28ClN5O2.HI/c1-14-4-5-15(19)12-16(14)23-7-9-24(10-8-23)18(20-2)22-13-17(25)21-6-11-26-3;/h4-5,12H,6-11,13H2,1-3H3,(H,20,22)(H,21,25);1H. The molecule has 9 heteroatoms. The van der Waals surface area contributed by atoms with Crippen molar-refractivity contribution in [3.05, 3.63) is 28.8 Å². The first-order chi connectivity index (χ1) is 12.5. The summed E-state index contributed by atoms with van der Waals surface area (Å²) in [6, 6.07) is 5.98. The molecule has 7 nitrogen and oxygen atoms in total. The maximum Gasteiger partial charge on any atom is 0.239 e. The maximum atomic E-state index is 11.8. The molecule has 1 heterocycles. The Morgan fingerprint density at radius 2 is 1.96 bits per heavy atom. The molecule has 1 aliphatic heterocycles. The van der Waals surface area contributed by atoms with E-state index < -0.39 is 0 Å². The summed E-state index contributed by atoms with van der Waals surface area (Å²) in [6.45, 7) is 6.72. The van der Waals surface area contributed by atoms with E-state index in [4.69, 9.17) is 16.3 Å². The summed E-state index contributed by atoms with van der Waals surface area (Å²) in [7, 11) is 3.34. The minimum Gasteiger partial charge on any atom is -0.383 e. The molecule has 0 aliphatic carbocycles. The molecule has 1 aromatic rings. The second-order valence-electron chi connectivity index (χ2n) is 6.15. The van der Waals surface area contributed by atoms with E-state index in [1.54, 1.807) is 14.2 Å². The van der Waals surface area contributed by atoms with E-state index in [2.05, 4.69) is 32.3 Å². The fraction of sp³-hybridized carbons (Fsp3) is 0.556. The van der Waals surface area contributed by atoms with E-state index >= 15 is 0 Å². The van der Waals surface area contributed by atoms with Crippen molar-refractivity contribution in [3.63, 3.8) is 0 Å². The highest BCUT2D eigenvalue weighted by Crippen LogP contribution is 2.25. The third kappa shape index (κ3) is 7.34. The van der Waals surface area contributed by atoms with E-state index in [1.807, 2.05) is 18.2 Å². The van der Waals surface area contributed by atoms with Gasteiger partial charge in [-0.2, -0.15) is 0 Å². The maximum absolute atomic E-state index is 11.8. The molecule has 1 fully saturated rings. The highest BCUT2D eigenvalue weighted by atomic mass is 127. The highest BCUT2D eigenvalue weighted by Gasteiger charge is 2.21. The summed E-state index contributed by atoms with van der Waals surface area (Å²) in [4.78, 5) is 20.6. The molecular weight excluding hydrogens is 481 g/mol. The number of ether oxygens (including phenoxy) is 1. The van der Waals surface area contributed by atoms with Gasteiger partial charge >= 0.3 is 0 Å². The Hall–Kier alpha value is -1.26. The van der Waals surface area contributed by atoms with Crippen LogP contribution in [0.4, 0.5) is 5.69 Å². The smallest absolute Gasteiger partial charge is 0.239 e. The largest absolute Gasteiger partial charge is 0.383 e. The third-order valence-corrected chi connectivity index (χ3v) is 4.57. The number of carbonyl (C=O) groups is 1. The molecule has 0 saturated carbocycles. The van der Waals surface area contributed by atoms with Gasteiger partial charge in [-0.25, -0.2) is 0 Å². The number of anilines is 1. The number of halogens is 2. The van der Waals surface area contributed by atoms with Gasteiger partial charge in [-0.15, -0.1) is 24.0 Å². The number of carbonyl (C=O) groups excluding carboxylic acids is 1. The fourth-order valence-corrected chi connectivity index (χ4v) is 3.10. The molecule has 0 radical (unpaired) electrons. The van der Waals surface area contributed by atoms with Gasteiger partial charge in [0.1, 0.15) is 0 Å². The first-order valence-corrected chi connectivity index (χ1v) is 9.15. The number of aryl methyl sites for hydroxylation is 1. The summed E-state index contributed by atoms with van der Waals surface area (Å²) in [6.07, 6.45) is 0. The number of nitrogens with one attached hydrogen (secondary N) is 2. The molecule has 0 bridgehead atoms. The van der Waals surface area contributed by atoms with Gasteiger partial charge in [-0.05, 0) is 24.6 Å². The van der Waals surface area contributed by atoms with Gasteiger partial charge in [0.05, 0.1) is 13.2 Å². The van der Waals surface area contributed by atoms with Crippen molar-refractivity contribution >= 4 is 53.1 Å². The van der Waals surface area contributed by atoms with Crippen LogP contribution >= 0.6 is 35.6 Å². The normalized spacial score (nSPS) is 14.6. The SMILES string of the molecule is CN=C(NCC(=O)NCCOC)N1CCN(c2cc(Cl)ccc2C)CC1.I. The number of aliphatic imine (C=N–C) groups is 1. The van der Waals surface area contributed by atoms with Gasteiger partial charge in [0.15, 0.2) is 5.96 Å². The van der Waals surface area contributed by atoms with E-state index in [-0.39, 0.29) is 36.4 Å². The van der Waals surface area contributed by atoms with Crippen LogP contribution in [0.1, 0.15) is 5.56 Å². The molecule has 0 spiro atoms. The van der Waals surface area contributed by atoms with Crippen LogP contribution in [-0.4, -0.2) is 76.8 Å². The number of benzene rings is 1. The lowest BCUT2D eigenvalue weighted by molar-refractivity contribution is -0.120. The predicted molar refractivity (Wildman–Crippen MR) is 122 cm³/mol. The molecule has 27 heavy (non-hydrogen) atoms. The molecule has 1 aliphatic rings. The number of methoxy groups -OCH3 is 1. The molecule has 1 amide bonds. The van der Waals surface area contributed by atoms with Gasteiger partial charge in [0, 0.05) is 57.6 Å². The van der Waals surface area contributed by atoms with Crippen LogP contribution in [0.2, 0.25) is 5.02 Å². The number of rotatable bonds is 6. The molecule has 0 unspecified atom stereocenters. The lowest BCUT2D eigenvalue weighted by atomic mass is 10.1. The van der Waals surface area contributed by atoms with Gasteiger partial charge < -0.3 is 25.2 Å². The van der Waals surface area contributed by atoms with Crippen molar-refractivity contribution in [3.8, 4) is 0 Å². The number of hydrogen-bond acceptors (Lipinski definition) is 4. The van der Waals surface area contributed by atoms with E-state index in [1.165, 1.54) is 11.3 Å². The Labute approximate surface area is 183 Å². The molecule has 1 aromatic carbocycles. The Balaban J connectivity index is 0.00000364. The monoisotopic (exact) mass is 509 g/mol. The van der Waals surface area contributed by atoms with Crippen molar-refractivity contribution < 1.29 is 9.53 Å². The average molecular weight is 510 g/mol. The van der Waals surface area contributed by atoms with E-state index in [0.29, 0.717) is 13.2 Å². The lowest BCUT2D eigenvalue weighted by Crippen LogP contribution is -2.54. The molecule has 0 aromatic heterocycles. The van der Waals surface area contributed by atoms with Crippen LogP contribution in [-0.2, 0) is 9.53 Å². The van der Waals surface area contributed by atoms with Gasteiger partial charge in [-0.1, -0.05) is 17.7 Å². The second kappa shape index (κ2) is 12.2. The fourth-order valence-electron chi connectivity index (χ4n) is 2.93. The first kappa shape index (κ1) is 23.8. The van der Waals surface area contributed by atoms with Gasteiger partial charge in [0.2, 0.25) is 5.91 Å². The van der Waals surface area contributed by atoms with Crippen LogP contribution in [0, 0.1) is 6.92 Å². The second-order valence-corrected chi connectivity index (χ2v) is 6.58. The molecule has 0 atom stereocenters. The quantitative estimate of drug-likeness (QED) is 0.265. The Morgan fingerprint density at radius 3 is 2.59 bits per heavy atom. The van der Waals surface area contributed by atoms with Crippen LogP contribution in [0.5, 0.6) is 0 Å². The molecule has 2 rings (SSSR count). The zero-order valence-electron chi connectivity index (χ0n) is 16.1. The van der Waals surface area contributed by atoms with Crippen molar-refractivity contribution in [2.24, 2.45) is 4.99 Å². The van der Waals surface area contributed by atoms with E-state index in [0.717, 1.165) is 37.2 Å². The number of hydrogen-bond donors (Lipinski definition) is 2. The van der Waals surface area contributed by atoms with Gasteiger partial charge in [0.25, 0.3) is 0 Å². The van der Waals surface area contributed by atoms with Crippen molar-refractivity contribution in [2.75, 3.05) is 64.9 Å². The van der Waals surface area contributed by atoms with Crippen molar-refractivity contribution in [1.29, 1.82) is 0 Å². The van der Waals surface area contributed by atoms with Gasteiger partial charge in [-0.3, -0.25) is 9.79 Å². The zero-order chi connectivity index (χ0) is 18.9. The van der Waals surface area contributed by atoms with Crippen LogP contribution < -0.4 is 15.5 Å². The Morgan fingerprint density at radius 1 is 1.26 bits per heavy atom. The van der Waals surface area contributed by atoms with Crippen LogP contribution in [0.15, 0.2) is 23.2 Å². The molecule has 1 saturated heterocycles. The lowest BCUT2D eigenvalue weighted by Gasteiger charge is -2.38. The summed E-state index contributed by atoms with van der Waals surface area (Å²) in [5.74, 6) is 0.672. The topological polar surface area (TPSA) is 69.2 Å². The third-order valence-electron chi connectivity index (χ3n) is 4.34. The van der Waals surface area contributed by atoms with Crippen LogP contribution in [0.3, 0.4) is 0 Å². The summed E-state index contributed by atoms with van der Waals surface area (Å²) < 4.78 is 4.92. The first-order valence-electron chi connectivity index (χ1n) is 8.77. The number of guanidine groups is 1.